The lowest BCUT2D eigenvalue weighted by Crippen LogP contribution is -2.45. The number of amides is 1. The van der Waals surface area contributed by atoms with Gasteiger partial charge < -0.3 is 11.1 Å². The van der Waals surface area contributed by atoms with Gasteiger partial charge in [-0.05, 0) is 12.3 Å². The Hall–Kier alpha value is -0.650. The standard InChI is InChI=1S/C13H23N3OS.ClH/c1-4-9(3)12(14)13(17)15-7-6-11-16-8-10(5-2)18-11;/h8-9,12H,4-7,14H2,1-3H3,(H,15,17);1H. The van der Waals surface area contributed by atoms with Gasteiger partial charge in [0.1, 0.15) is 0 Å². The summed E-state index contributed by atoms with van der Waals surface area (Å²) in [4.78, 5) is 17.3. The molecule has 4 nitrogen and oxygen atoms in total. The van der Waals surface area contributed by atoms with Crippen LogP contribution in [-0.4, -0.2) is 23.5 Å². The summed E-state index contributed by atoms with van der Waals surface area (Å²) in [5.74, 6) is 0.160. The topological polar surface area (TPSA) is 68.0 Å². The van der Waals surface area contributed by atoms with E-state index < -0.39 is 6.04 Å². The van der Waals surface area contributed by atoms with E-state index in [2.05, 4.69) is 17.2 Å². The highest BCUT2D eigenvalue weighted by molar-refractivity contribution is 7.11. The smallest absolute Gasteiger partial charge is 0.237 e. The maximum Gasteiger partial charge on any atom is 0.237 e. The van der Waals surface area contributed by atoms with Crippen molar-refractivity contribution in [1.29, 1.82) is 0 Å². The molecule has 0 saturated carbocycles. The van der Waals surface area contributed by atoms with Crippen molar-refractivity contribution in [2.45, 2.75) is 46.1 Å². The third kappa shape index (κ3) is 5.89. The quantitative estimate of drug-likeness (QED) is 0.811. The first-order valence-electron chi connectivity index (χ1n) is 6.55. The van der Waals surface area contributed by atoms with Crippen LogP contribution in [0.1, 0.15) is 37.1 Å². The third-order valence-corrected chi connectivity index (χ3v) is 4.35. The number of carbonyl (C=O) groups is 1. The predicted molar refractivity (Wildman–Crippen MR) is 82.9 cm³/mol. The zero-order valence-corrected chi connectivity index (χ0v) is 13.4. The molecule has 0 aliphatic carbocycles. The molecule has 1 rings (SSSR count). The average Bonchev–Trinajstić information content (AvgIpc) is 2.84. The zero-order valence-electron chi connectivity index (χ0n) is 11.8. The van der Waals surface area contributed by atoms with E-state index >= 15 is 0 Å². The Kier molecular flexibility index (Phi) is 8.97. The fraction of sp³-hybridized carbons (Fsp3) is 0.692. The molecule has 1 aromatic heterocycles. The molecule has 0 aliphatic rings. The number of nitrogens with one attached hydrogen (secondary N) is 1. The molecule has 0 fully saturated rings. The highest BCUT2D eigenvalue weighted by atomic mass is 35.5. The van der Waals surface area contributed by atoms with Gasteiger partial charge in [-0.15, -0.1) is 23.7 Å². The van der Waals surface area contributed by atoms with Crippen LogP contribution in [0.15, 0.2) is 6.20 Å². The van der Waals surface area contributed by atoms with E-state index in [0.717, 1.165) is 24.3 Å². The fourth-order valence-corrected chi connectivity index (χ4v) is 2.41. The molecule has 1 aromatic rings. The summed E-state index contributed by atoms with van der Waals surface area (Å²) < 4.78 is 0. The lowest BCUT2D eigenvalue weighted by molar-refractivity contribution is -0.123. The number of hydrogen-bond donors (Lipinski definition) is 2. The molecule has 0 radical (unpaired) electrons. The first-order valence-corrected chi connectivity index (χ1v) is 7.37. The molecule has 1 amide bonds. The number of rotatable bonds is 7. The second kappa shape index (κ2) is 9.28. The van der Waals surface area contributed by atoms with Gasteiger partial charge in [-0.25, -0.2) is 4.98 Å². The van der Waals surface area contributed by atoms with Crippen LogP contribution in [0, 0.1) is 5.92 Å². The number of nitrogens with zero attached hydrogens (tertiary/aromatic N) is 1. The number of aryl methyl sites for hydroxylation is 1. The van der Waals surface area contributed by atoms with Crippen molar-refractivity contribution in [2.24, 2.45) is 11.7 Å². The van der Waals surface area contributed by atoms with Crippen LogP contribution in [0.5, 0.6) is 0 Å². The van der Waals surface area contributed by atoms with Gasteiger partial charge in [0.2, 0.25) is 5.91 Å². The molecule has 19 heavy (non-hydrogen) atoms. The second-order valence-electron chi connectivity index (χ2n) is 4.53. The first kappa shape index (κ1) is 18.4. The summed E-state index contributed by atoms with van der Waals surface area (Å²) in [7, 11) is 0. The maximum absolute atomic E-state index is 11.7. The number of halogens is 1. The van der Waals surface area contributed by atoms with Crippen molar-refractivity contribution in [1.82, 2.24) is 10.3 Å². The summed E-state index contributed by atoms with van der Waals surface area (Å²) >= 11 is 1.71. The van der Waals surface area contributed by atoms with E-state index in [1.54, 1.807) is 11.3 Å². The van der Waals surface area contributed by atoms with E-state index in [9.17, 15) is 4.79 Å². The van der Waals surface area contributed by atoms with E-state index in [0.29, 0.717) is 6.54 Å². The van der Waals surface area contributed by atoms with Crippen LogP contribution >= 0.6 is 23.7 Å². The Bertz CT molecular complexity index is 384. The first-order chi connectivity index (χ1) is 8.58. The maximum atomic E-state index is 11.7. The lowest BCUT2D eigenvalue weighted by Gasteiger charge is -2.17. The van der Waals surface area contributed by atoms with Crippen LogP contribution in [0.3, 0.4) is 0 Å². The minimum atomic E-state index is -0.405. The summed E-state index contributed by atoms with van der Waals surface area (Å²) in [6.07, 6.45) is 4.63. The molecule has 0 bridgehead atoms. The van der Waals surface area contributed by atoms with Crippen LogP contribution < -0.4 is 11.1 Å². The molecule has 0 saturated heterocycles. The molecule has 0 spiro atoms. The Morgan fingerprint density at radius 2 is 2.21 bits per heavy atom. The Balaban J connectivity index is 0.00000324. The molecule has 2 atom stereocenters. The molecule has 2 unspecified atom stereocenters. The van der Waals surface area contributed by atoms with Gasteiger partial charge in [-0.3, -0.25) is 4.79 Å². The number of hydrogen-bond acceptors (Lipinski definition) is 4. The van der Waals surface area contributed by atoms with Crippen molar-refractivity contribution in [2.75, 3.05) is 6.54 Å². The van der Waals surface area contributed by atoms with Gasteiger partial charge >= 0.3 is 0 Å². The van der Waals surface area contributed by atoms with Gasteiger partial charge in [-0.1, -0.05) is 27.2 Å². The van der Waals surface area contributed by atoms with Crippen molar-refractivity contribution in [3.63, 3.8) is 0 Å². The van der Waals surface area contributed by atoms with Crippen molar-refractivity contribution in [3.8, 4) is 0 Å². The van der Waals surface area contributed by atoms with Gasteiger partial charge in [0.05, 0.1) is 11.0 Å². The molecular formula is C13H24ClN3OS. The molecule has 110 valence electrons. The monoisotopic (exact) mass is 305 g/mol. The predicted octanol–water partition coefficient (Wildman–Crippen LogP) is 2.16. The molecule has 3 N–H and O–H groups in total. The summed E-state index contributed by atoms with van der Waals surface area (Å²) in [6, 6.07) is -0.405. The van der Waals surface area contributed by atoms with Crippen molar-refractivity contribution in [3.05, 3.63) is 16.1 Å². The van der Waals surface area contributed by atoms with E-state index in [1.807, 2.05) is 20.0 Å². The summed E-state index contributed by atoms with van der Waals surface area (Å²) in [6.45, 7) is 6.77. The van der Waals surface area contributed by atoms with Crippen LogP contribution in [-0.2, 0) is 17.6 Å². The fourth-order valence-electron chi connectivity index (χ4n) is 1.55. The zero-order chi connectivity index (χ0) is 13.5. The SMILES string of the molecule is CCc1cnc(CCNC(=O)C(N)C(C)CC)s1.Cl. The third-order valence-electron chi connectivity index (χ3n) is 3.15. The van der Waals surface area contributed by atoms with Crippen LogP contribution in [0.4, 0.5) is 0 Å². The molecule has 0 aliphatic heterocycles. The Morgan fingerprint density at radius 1 is 1.53 bits per heavy atom. The van der Waals surface area contributed by atoms with Gasteiger partial charge in [0.15, 0.2) is 0 Å². The molecule has 1 heterocycles. The highest BCUT2D eigenvalue weighted by Crippen LogP contribution is 2.13. The lowest BCUT2D eigenvalue weighted by atomic mass is 9.99. The largest absolute Gasteiger partial charge is 0.354 e. The van der Waals surface area contributed by atoms with Crippen molar-refractivity contribution < 1.29 is 4.79 Å². The second-order valence-corrected chi connectivity index (χ2v) is 5.73. The van der Waals surface area contributed by atoms with Crippen LogP contribution in [0.25, 0.3) is 0 Å². The summed E-state index contributed by atoms with van der Waals surface area (Å²) in [5, 5.41) is 3.95. The molecular weight excluding hydrogens is 282 g/mol. The van der Waals surface area contributed by atoms with Gasteiger partial charge in [0.25, 0.3) is 0 Å². The van der Waals surface area contributed by atoms with Crippen LogP contribution in [0.2, 0.25) is 0 Å². The minimum Gasteiger partial charge on any atom is -0.354 e. The Labute approximate surface area is 125 Å². The molecule has 6 heteroatoms. The summed E-state index contributed by atoms with van der Waals surface area (Å²) in [5.41, 5.74) is 5.85. The minimum absolute atomic E-state index is 0. The highest BCUT2D eigenvalue weighted by Gasteiger charge is 2.18. The number of thiazole rings is 1. The van der Waals surface area contributed by atoms with E-state index in [4.69, 9.17) is 5.73 Å². The number of aromatic nitrogens is 1. The molecule has 0 aromatic carbocycles. The normalized spacial score (nSPS) is 13.5. The average molecular weight is 306 g/mol. The number of carbonyl (C=O) groups excluding carboxylic acids is 1. The van der Waals surface area contributed by atoms with E-state index in [-0.39, 0.29) is 24.2 Å². The number of nitrogens with two attached hydrogens (primary N) is 1. The van der Waals surface area contributed by atoms with Crippen molar-refractivity contribution >= 4 is 29.7 Å². The van der Waals surface area contributed by atoms with Gasteiger partial charge in [0, 0.05) is 24.0 Å². The Morgan fingerprint density at radius 3 is 2.74 bits per heavy atom. The van der Waals surface area contributed by atoms with E-state index in [1.165, 1.54) is 4.88 Å². The van der Waals surface area contributed by atoms with Gasteiger partial charge in [-0.2, -0.15) is 0 Å².